The van der Waals surface area contributed by atoms with Gasteiger partial charge in [-0.25, -0.2) is 9.59 Å². The van der Waals surface area contributed by atoms with Gasteiger partial charge in [-0.2, -0.15) is 0 Å². The molecule has 29 heavy (non-hydrogen) atoms. The van der Waals surface area contributed by atoms with Crippen LogP contribution < -0.4 is 15.7 Å². The van der Waals surface area contributed by atoms with Crippen molar-refractivity contribution in [1.29, 1.82) is 0 Å². The third kappa shape index (κ3) is 6.34. The first-order chi connectivity index (χ1) is 13.7. The van der Waals surface area contributed by atoms with Gasteiger partial charge < -0.3 is 19.6 Å². The molecule has 2 N–H and O–H groups in total. The first kappa shape index (κ1) is 22.5. The van der Waals surface area contributed by atoms with E-state index in [1.807, 2.05) is 19.9 Å². The lowest BCUT2D eigenvalue weighted by Crippen LogP contribution is -2.46. The highest BCUT2D eigenvalue weighted by Gasteiger charge is 2.24. The van der Waals surface area contributed by atoms with E-state index in [0.717, 1.165) is 30.2 Å². The molecule has 0 aliphatic rings. The number of aliphatic carboxylic acids is 1. The fourth-order valence-corrected chi connectivity index (χ4v) is 3.10. The summed E-state index contributed by atoms with van der Waals surface area (Å²) in [7, 11) is 0. The highest BCUT2D eigenvalue weighted by atomic mass is 16.5. The van der Waals surface area contributed by atoms with Crippen molar-refractivity contribution in [2.45, 2.75) is 65.5 Å². The Morgan fingerprint density at radius 1 is 1.21 bits per heavy atom. The molecular weight excluding hydrogens is 374 g/mol. The molecule has 0 saturated heterocycles. The standard InChI is InChI=1S/C22H29NO6/c1-5-6-7-15-11-20(24)29-19-12-16(8-9-17(15)19)28-14(4)21(25)23-18(22(26)27)10-13(2)3/h8-9,11-14,18H,5-7,10H2,1-4H3,(H,23,25)(H,26,27)/t14?,18-/m1/s1. The Balaban J connectivity index is 2.15. The van der Waals surface area contributed by atoms with Crippen LogP contribution >= 0.6 is 0 Å². The van der Waals surface area contributed by atoms with Gasteiger partial charge in [-0.05, 0) is 49.8 Å². The number of amides is 1. The highest BCUT2D eigenvalue weighted by molar-refractivity contribution is 5.86. The molecule has 7 nitrogen and oxygen atoms in total. The highest BCUT2D eigenvalue weighted by Crippen LogP contribution is 2.24. The van der Waals surface area contributed by atoms with Gasteiger partial charge in [0.1, 0.15) is 17.4 Å². The van der Waals surface area contributed by atoms with Crippen LogP contribution in [0.1, 0.15) is 52.5 Å². The van der Waals surface area contributed by atoms with Crippen LogP contribution in [0.4, 0.5) is 0 Å². The summed E-state index contributed by atoms with van der Waals surface area (Å²) in [6, 6.07) is 5.64. The van der Waals surface area contributed by atoms with E-state index < -0.39 is 29.6 Å². The van der Waals surface area contributed by atoms with Crippen molar-refractivity contribution in [1.82, 2.24) is 5.32 Å². The van der Waals surface area contributed by atoms with E-state index in [1.165, 1.54) is 6.07 Å². The van der Waals surface area contributed by atoms with Gasteiger partial charge in [0.15, 0.2) is 6.10 Å². The number of carboxylic acid groups (broad SMARTS) is 1. The van der Waals surface area contributed by atoms with Gasteiger partial charge in [-0.1, -0.05) is 27.2 Å². The molecule has 2 rings (SSSR count). The molecule has 1 amide bonds. The number of nitrogens with one attached hydrogen (secondary N) is 1. The second-order valence-electron chi connectivity index (χ2n) is 7.64. The van der Waals surface area contributed by atoms with Gasteiger partial charge in [0.2, 0.25) is 0 Å². The summed E-state index contributed by atoms with van der Waals surface area (Å²) in [5.41, 5.74) is 0.898. The van der Waals surface area contributed by atoms with Crippen molar-refractivity contribution >= 4 is 22.8 Å². The summed E-state index contributed by atoms with van der Waals surface area (Å²) < 4.78 is 11.0. The monoisotopic (exact) mass is 403 g/mol. The Morgan fingerprint density at radius 3 is 2.55 bits per heavy atom. The molecule has 0 spiro atoms. The van der Waals surface area contributed by atoms with Crippen LogP contribution in [0.2, 0.25) is 0 Å². The number of hydrogen-bond donors (Lipinski definition) is 2. The number of aryl methyl sites for hydroxylation is 1. The first-order valence-electron chi connectivity index (χ1n) is 9.97. The molecule has 0 fully saturated rings. The third-order valence-corrected chi connectivity index (χ3v) is 4.61. The maximum atomic E-state index is 12.4. The number of carbonyl (C=O) groups excluding carboxylic acids is 1. The molecule has 158 valence electrons. The van der Waals surface area contributed by atoms with Crippen LogP contribution in [0.25, 0.3) is 11.0 Å². The summed E-state index contributed by atoms with van der Waals surface area (Å²) in [6.07, 6.45) is 2.19. The lowest BCUT2D eigenvalue weighted by atomic mass is 10.0. The van der Waals surface area contributed by atoms with Crippen LogP contribution in [-0.4, -0.2) is 29.1 Å². The molecule has 0 aliphatic carbocycles. The summed E-state index contributed by atoms with van der Waals surface area (Å²) in [4.78, 5) is 35.6. The van der Waals surface area contributed by atoms with Crippen LogP contribution in [-0.2, 0) is 16.0 Å². The first-order valence-corrected chi connectivity index (χ1v) is 9.97. The number of carboxylic acids is 1. The summed E-state index contributed by atoms with van der Waals surface area (Å²) in [5, 5.41) is 12.6. The predicted octanol–water partition coefficient (Wildman–Crippen LogP) is 3.52. The zero-order chi connectivity index (χ0) is 21.6. The minimum absolute atomic E-state index is 0.123. The van der Waals surface area contributed by atoms with E-state index in [9.17, 15) is 19.5 Å². The molecule has 0 bridgehead atoms. The van der Waals surface area contributed by atoms with E-state index in [4.69, 9.17) is 9.15 Å². The van der Waals surface area contributed by atoms with Gasteiger partial charge in [0.25, 0.3) is 5.91 Å². The molecule has 1 aromatic carbocycles. The zero-order valence-electron chi connectivity index (χ0n) is 17.4. The van der Waals surface area contributed by atoms with Gasteiger partial charge >= 0.3 is 11.6 Å². The SMILES string of the molecule is CCCCc1cc(=O)oc2cc(OC(C)C(=O)N[C@H](CC(C)C)C(=O)O)ccc12. The topological polar surface area (TPSA) is 106 Å². The summed E-state index contributed by atoms with van der Waals surface area (Å²) >= 11 is 0. The van der Waals surface area contributed by atoms with Gasteiger partial charge in [-0.15, -0.1) is 0 Å². The van der Waals surface area contributed by atoms with Crippen LogP contribution in [0.15, 0.2) is 33.5 Å². The van der Waals surface area contributed by atoms with E-state index in [-0.39, 0.29) is 5.92 Å². The van der Waals surface area contributed by atoms with Crippen molar-refractivity contribution in [3.8, 4) is 5.75 Å². The van der Waals surface area contributed by atoms with Crippen molar-refractivity contribution in [2.75, 3.05) is 0 Å². The molecule has 1 aromatic heterocycles. The van der Waals surface area contributed by atoms with Crippen molar-refractivity contribution in [2.24, 2.45) is 5.92 Å². The average Bonchev–Trinajstić information content (AvgIpc) is 2.64. The van der Waals surface area contributed by atoms with Gasteiger partial charge in [-0.3, -0.25) is 4.79 Å². The Hall–Kier alpha value is -2.83. The second kappa shape index (κ2) is 10.1. The number of ether oxygens (including phenoxy) is 1. The van der Waals surface area contributed by atoms with Crippen LogP contribution in [0.3, 0.4) is 0 Å². The Morgan fingerprint density at radius 2 is 1.93 bits per heavy atom. The largest absolute Gasteiger partial charge is 0.481 e. The lowest BCUT2D eigenvalue weighted by Gasteiger charge is -2.20. The molecule has 2 atom stereocenters. The fourth-order valence-electron chi connectivity index (χ4n) is 3.10. The second-order valence-corrected chi connectivity index (χ2v) is 7.64. The smallest absolute Gasteiger partial charge is 0.336 e. The minimum Gasteiger partial charge on any atom is -0.481 e. The maximum Gasteiger partial charge on any atom is 0.336 e. The maximum absolute atomic E-state index is 12.4. The molecule has 1 heterocycles. The normalized spacial score (nSPS) is 13.3. The molecule has 2 aromatic rings. The number of rotatable bonds is 10. The van der Waals surface area contributed by atoms with Crippen LogP contribution in [0.5, 0.6) is 5.75 Å². The lowest BCUT2D eigenvalue weighted by molar-refractivity contribution is -0.143. The Bertz CT molecular complexity index is 917. The molecule has 0 radical (unpaired) electrons. The molecule has 7 heteroatoms. The Labute approximate surface area is 170 Å². The predicted molar refractivity (Wildman–Crippen MR) is 110 cm³/mol. The quantitative estimate of drug-likeness (QED) is 0.588. The third-order valence-electron chi connectivity index (χ3n) is 4.61. The number of fused-ring (bicyclic) bond motifs is 1. The molecule has 0 saturated carbocycles. The van der Waals surface area contributed by atoms with Crippen molar-refractivity contribution in [3.63, 3.8) is 0 Å². The number of benzene rings is 1. The van der Waals surface area contributed by atoms with Gasteiger partial charge in [0, 0.05) is 17.5 Å². The molecule has 0 aliphatic heterocycles. The van der Waals surface area contributed by atoms with E-state index in [2.05, 4.69) is 12.2 Å². The molecule has 1 unspecified atom stereocenters. The molecular formula is C22H29NO6. The van der Waals surface area contributed by atoms with Crippen molar-refractivity contribution < 1.29 is 23.8 Å². The summed E-state index contributed by atoms with van der Waals surface area (Å²) in [5.74, 6) is -1.10. The van der Waals surface area contributed by atoms with E-state index in [0.29, 0.717) is 17.8 Å². The number of unbranched alkanes of at least 4 members (excludes halogenated alkanes) is 1. The van der Waals surface area contributed by atoms with Crippen molar-refractivity contribution in [3.05, 3.63) is 40.2 Å². The van der Waals surface area contributed by atoms with E-state index >= 15 is 0 Å². The number of hydrogen-bond acceptors (Lipinski definition) is 5. The fraction of sp³-hybridized carbons (Fsp3) is 0.500. The summed E-state index contributed by atoms with van der Waals surface area (Å²) in [6.45, 7) is 7.41. The minimum atomic E-state index is -1.08. The van der Waals surface area contributed by atoms with Crippen LogP contribution in [0, 0.1) is 5.92 Å². The van der Waals surface area contributed by atoms with E-state index in [1.54, 1.807) is 19.1 Å². The average molecular weight is 403 g/mol. The zero-order valence-corrected chi connectivity index (χ0v) is 17.4. The Kier molecular flexibility index (Phi) is 7.82. The number of carbonyl (C=O) groups is 2. The van der Waals surface area contributed by atoms with Gasteiger partial charge in [0.05, 0.1) is 0 Å².